The van der Waals surface area contributed by atoms with Gasteiger partial charge in [0.15, 0.2) is 0 Å². The molecule has 1 amide bonds. The fourth-order valence-electron chi connectivity index (χ4n) is 4.29. The molecule has 0 radical (unpaired) electrons. The van der Waals surface area contributed by atoms with Crippen molar-refractivity contribution in [1.82, 2.24) is 19.7 Å². The average molecular weight is 452 g/mol. The highest BCUT2D eigenvalue weighted by Gasteiger charge is 2.28. The highest BCUT2D eigenvalue weighted by Crippen LogP contribution is 2.45. The van der Waals surface area contributed by atoms with Gasteiger partial charge in [0.2, 0.25) is 0 Å². The van der Waals surface area contributed by atoms with Crippen LogP contribution in [0.5, 0.6) is 0 Å². The van der Waals surface area contributed by atoms with Crippen molar-refractivity contribution in [1.29, 1.82) is 0 Å². The van der Waals surface area contributed by atoms with Gasteiger partial charge >= 0.3 is 0 Å². The highest BCUT2D eigenvalue weighted by atomic mass is 32.1. The summed E-state index contributed by atoms with van der Waals surface area (Å²) in [6.07, 6.45) is 3.86. The Morgan fingerprint density at radius 2 is 2.10 bits per heavy atom. The summed E-state index contributed by atoms with van der Waals surface area (Å²) in [5.74, 6) is -0.121. The van der Waals surface area contributed by atoms with Crippen LogP contribution in [0.2, 0.25) is 0 Å². The molecule has 1 aromatic carbocycles. The van der Waals surface area contributed by atoms with Gasteiger partial charge in [-0.15, -0.1) is 22.7 Å². The molecule has 5 rings (SSSR count). The van der Waals surface area contributed by atoms with Crippen LogP contribution < -0.4 is 5.32 Å². The van der Waals surface area contributed by atoms with Gasteiger partial charge in [0.25, 0.3) is 5.91 Å². The van der Waals surface area contributed by atoms with Crippen LogP contribution in [0.3, 0.4) is 0 Å². The summed E-state index contributed by atoms with van der Waals surface area (Å²) in [5, 5.41) is 9.32. The monoisotopic (exact) mass is 451 g/mol. The standard InChI is InChI=1S/C23H25N5OS2/c1-4-10-28-11-9-15-18(13-28)31-23(26-21(29)20-14(2)12-24-27(20)3)19(15)22-25-16-7-5-6-8-17(16)30-22/h5-8,12H,4,9-11,13H2,1-3H3,(H,26,29). The number of aromatic nitrogens is 3. The molecule has 1 aliphatic rings. The van der Waals surface area contributed by atoms with E-state index in [0.717, 1.165) is 59.1 Å². The molecular weight excluding hydrogens is 426 g/mol. The predicted octanol–water partition coefficient (Wildman–Crippen LogP) is 5.09. The Kier molecular flexibility index (Phi) is 5.37. The SMILES string of the molecule is CCCN1CCc2c(sc(NC(=O)c3c(C)cnn3C)c2-c2nc3ccccc3s2)C1. The zero-order valence-electron chi connectivity index (χ0n) is 17.9. The Hall–Kier alpha value is -2.55. The minimum Gasteiger partial charge on any atom is -0.312 e. The van der Waals surface area contributed by atoms with Crippen LogP contribution in [0.25, 0.3) is 20.8 Å². The molecule has 0 saturated heterocycles. The smallest absolute Gasteiger partial charge is 0.274 e. The maximum Gasteiger partial charge on any atom is 0.274 e. The lowest BCUT2D eigenvalue weighted by Crippen LogP contribution is -2.30. The molecule has 0 saturated carbocycles. The van der Waals surface area contributed by atoms with Crippen LogP contribution in [0.15, 0.2) is 30.5 Å². The topological polar surface area (TPSA) is 63.1 Å². The number of carbonyl (C=O) groups is 1. The van der Waals surface area contributed by atoms with E-state index in [1.807, 2.05) is 25.1 Å². The second-order valence-corrected chi connectivity index (χ2v) is 10.1. The number of anilines is 1. The Labute approximate surface area is 189 Å². The van der Waals surface area contributed by atoms with Gasteiger partial charge in [-0.2, -0.15) is 5.10 Å². The first-order valence-electron chi connectivity index (χ1n) is 10.6. The quantitative estimate of drug-likeness (QED) is 0.459. The second-order valence-electron chi connectivity index (χ2n) is 7.97. The number of nitrogens with one attached hydrogen (secondary N) is 1. The molecular formula is C23H25N5OS2. The molecule has 6 nitrogen and oxygen atoms in total. The molecule has 4 heterocycles. The van der Waals surface area contributed by atoms with Crippen LogP contribution in [0.4, 0.5) is 5.00 Å². The van der Waals surface area contributed by atoms with E-state index in [1.54, 1.807) is 40.6 Å². The van der Waals surface area contributed by atoms with Crippen molar-refractivity contribution in [3.63, 3.8) is 0 Å². The van der Waals surface area contributed by atoms with E-state index in [9.17, 15) is 4.79 Å². The molecule has 0 aliphatic carbocycles. The summed E-state index contributed by atoms with van der Waals surface area (Å²) in [6, 6.07) is 8.22. The maximum atomic E-state index is 13.2. The molecule has 0 fully saturated rings. The first kappa shape index (κ1) is 20.4. The summed E-state index contributed by atoms with van der Waals surface area (Å²) in [6.45, 7) is 7.22. The van der Waals surface area contributed by atoms with Gasteiger partial charge in [-0.05, 0) is 49.6 Å². The van der Waals surface area contributed by atoms with Crippen molar-refractivity contribution in [2.75, 3.05) is 18.4 Å². The van der Waals surface area contributed by atoms with Gasteiger partial charge < -0.3 is 5.32 Å². The molecule has 1 N–H and O–H groups in total. The first-order chi connectivity index (χ1) is 15.0. The summed E-state index contributed by atoms with van der Waals surface area (Å²) in [4.78, 5) is 21.9. The minimum absolute atomic E-state index is 0.121. The van der Waals surface area contributed by atoms with Crippen molar-refractivity contribution < 1.29 is 4.79 Å². The number of hydrogen-bond acceptors (Lipinski definition) is 6. The number of fused-ring (bicyclic) bond motifs is 2. The maximum absolute atomic E-state index is 13.2. The van der Waals surface area contributed by atoms with Gasteiger partial charge in [0, 0.05) is 30.6 Å². The van der Waals surface area contributed by atoms with E-state index in [-0.39, 0.29) is 5.91 Å². The normalized spacial score (nSPS) is 14.2. The Morgan fingerprint density at radius 3 is 2.84 bits per heavy atom. The number of nitrogens with zero attached hydrogens (tertiary/aromatic N) is 4. The van der Waals surface area contributed by atoms with Crippen LogP contribution in [0.1, 0.15) is 39.8 Å². The Morgan fingerprint density at radius 1 is 1.26 bits per heavy atom. The molecule has 0 spiro atoms. The van der Waals surface area contributed by atoms with Crippen molar-refractivity contribution in [3.8, 4) is 10.6 Å². The van der Waals surface area contributed by atoms with E-state index < -0.39 is 0 Å². The molecule has 0 atom stereocenters. The second kappa shape index (κ2) is 8.18. The third-order valence-corrected chi connectivity index (χ3v) is 7.93. The van der Waals surface area contributed by atoms with Crippen molar-refractivity contribution in [3.05, 3.63) is 52.2 Å². The third-order valence-electron chi connectivity index (χ3n) is 5.75. The lowest BCUT2D eigenvalue weighted by atomic mass is 10.0. The zero-order chi connectivity index (χ0) is 21.5. The van der Waals surface area contributed by atoms with Gasteiger partial charge in [0.05, 0.1) is 16.4 Å². The van der Waals surface area contributed by atoms with E-state index in [1.165, 1.54) is 15.1 Å². The molecule has 31 heavy (non-hydrogen) atoms. The fraction of sp³-hybridized carbons (Fsp3) is 0.348. The average Bonchev–Trinajstić information content (AvgIpc) is 3.42. The van der Waals surface area contributed by atoms with E-state index >= 15 is 0 Å². The molecule has 8 heteroatoms. The lowest BCUT2D eigenvalue weighted by Gasteiger charge is -2.26. The lowest BCUT2D eigenvalue weighted by molar-refractivity contribution is 0.101. The molecule has 0 unspecified atom stereocenters. The van der Waals surface area contributed by atoms with Gasteiger partial charge in [-0.1, -0.05) is 19.1 Å². The molecule has 160 valence electrons. The highest BCUT2D eigenvalue weighted by molar-refractivity contribution is 7.23. The largest absolute Gasteiger partial charge is 0.312 e. The van der Waals surface area contributed by atoms with Crippen molar-refractivity contribution in [2.24, 2.45) is 7.05 Å². The minimum atomic E-state index is -0.121. The number of rotatable bonds is 5. The summed E-state index contributed by atoms with van der Waals surface area (Å²) in [5.41, 5.74) is 4.91. The number of benzene rings is 1. The number of carbonyl (C=O) groups excluding carboxylic acids is 1. The molecule has 1 aliphatic heterocycles. The first-order valence-corrected chi connectivity index (χ1v) is 12.2. The number of thiazole rings is 1. The van der Waals surface area contributed by atoms with Gasteiger partial charge in [-0.25, -0.2) is 4.98 Å². The zero-order valence-corrected chi connectivity index (χ0v) is 19.6. The van der Waals surface area contributed by atoms with Crippen LogP contribution in [0, 0.1) is 6.92 Å². The van der Waals surface area contributed by atoms with E-state index in [4.69, 9.17) is 4.98 Å². The summed E-state index contributed by atoms with van der Waals surface area (Å²) < 4.78 is 2.80. The van der Waals surface area contributed by atoms with Gasteiger partial charge in [0.1, 0.15) is 15.7 Å². The number of amides is 1. The third kappa shape index (κ3) is 3.69. The number of thiophene rings is 1. The van der Waals surface area contributed by atoms with Crippen LogP contribution >= 0.6 is 22.7 Å². The Balaban J connectivity index is 1.59. The van der Waals surface area contributed by atoms with Crippen molar-refractivity contribution in [2.45, 2.75) is 33.2 Å². The van der Waals surface area contributed by atoms with Crippen LogP contribution in [-0.2, 0) is 20.0 Å². The summed E-state index contributed by atoms with van der Waals surface area (Å²) in [7, 11) is 1.80. The van der Waals surface area contributed by atoms with E-state index in [2.05, 4.69) is 28.3 Å². The Bertz CT molecular complexity index is 1220. The van der Waals surface area contributed by atoms with Crippen molar-refractivity contribution >= 4 is 43.8 Å². The van der Waals surface area contributed by atoms with E-state index in [0.29, 0.717) is 5.69 Å². The molecule has 3 aromatic heterocycles. The summed E-state index contributed by atoms with van der Waals surface area (Å²) >= 11 is 3.39. The number of para-hydroxylation sites is 1. The molecule has 0 bridgehead atoms. The van der Waals surface area contributed by atoms with Crippen LogP contribution in [-0.4, -0.2) is 38.7 Å². The molecule has 4 aromatic rings. The number of hydrogen-bond donors (Lipinski definition) is 1. The van der Waals surface area contributed by atoms with Gasteiger partial charge in [-0.3, -0.25) is 14.4 Å². The number of aryl methyl sites for hydroxylation is 2. The fourth-order valence-corrected chi connectivity index (χ4v) is 6.69. The predicted molar refractivity (Wildman–Crippen MR) is 128 cm³/mol.